The van der Waals surface area contributed by atoms with E-state index in [1.165, 1.54) is 17.1 Å². The number of hydrogen-bond donors (Lipinski definition) is 1. The lowest BCUT2D eigenvalue weighted by atomic mass is 10.1. The van der Waals surface area contributed by atoms with Gasteiger partial charge in [-0.1, -0.05) is 0 Å². The van der Waals surface area contributed by atoms with Crippen molar-refractivity contribution in [1.29, 1.82) is 0 Å². The quantitative estimate of drug-likeness (QED) is 0.479. The SMILES string of the molecule is COc1ccc(-c2ccc(=O)n(C(C)C(=O)NCCOc3cc(N4CCCC4)ncn3)n2)cc1. The molecule has 0 spiro atoms. The largest absolute Gasteiger partial charge is 0.497 e. The zero-order chi connectivity index (χ0) is 23.9. The number of carbonyl (C=O) groups excluding carboxylic acids is 1. The number of rotatable bonds is 9. The first-order valence-corrected chi connectivity index (χ1v) is 11.3. The Morgan fingerprint density at radius 1 is 1.12 bits per heavy atom. The zero-order valence-electron chi connectivity index (χ0n) is 19.3. The Morgan fingerprint density at radius 2 is 1.88 bits per heavy atom. The highest BCUT2D eigenvalue weighted by Gasteiger charge is 2.18. The van der Waals surface area contributed by atoms with Gasteiger partial charge < -0.3 is 19.7 Å². The van der Waals surface area contributed by atoms with Gasteiger partial charge in [-0.2, -0.15) is 5.10 Å². The minimum absolute atomic E-state index is 0.239. The predicted octanol–water partition coefficient (Wildman–Crippen LogP) is 2.07. The topological polar surface area (TPSA) is 111 Å². The summed E-state index contributed by atoms with van der Waals surface area (Å²) >= 11 is 0. The summed E-state index contributed by atoms with van der Waals surface area (Å²) in [6.45, 7) is 4.10. The first-order valence-electron chi connectivity index (χ1n) is 11.3. The van der Waals surface area contributed by atoms with Crippen LogP contribution in [-0.4, -0.2) is 59.0 Å². The van der Waals surface area contributed by atoms with Gasteiger partial charge in [0.2, 0.25) is 11.8 Å². The molecule has 3 aromatic rings. The Balaban J connectivity index is 1.33. The van der Waals surface area contributed by atoms with Crippen LogP contribution in [0.2, 0.25) is 0 Å². The summed E-state index contributed by atoms with van der Waals surface area (Å²) in [5.41, 5.74) is 1.04. The molecule has 0 bridgehead atoms. The Hall–Kier alpha value is -3.95. The zero-order valence-corrected chi connectivity index (χ0v) is 19.3. The van der Waals surface area contributed by atoms with Gasteiger partial charge in [-0.25, -0.2) is 14.6 Å². The van der Waals surface area contributed by atoms with E-state index in [1.54, 1.807) is 20.1 Å². The van der Waals surface area contributed by atoms with E-state index in [1.807, 2.05) is 30.3 Å². The van der Waals surface area contributed by atoms with Crippen LogP contribution in [0.1, 0.15) is 25.8 Å². The molecule has 1 saturated heterocycles. The van der Waals surface area contributed by atoms with E-state index in [0.717, 1.165) is 43.1 Å². The normalized spacial score (nSPS) is 14.0. The van der Waals surface area contributed by atoms with Crippen LogP contribution in [0.5, 0.6) is 11.6 Å². The van der Waals surface area contributed by atoms with Crippen molar-refractivity contribution in [3.63, 3.8) is 0 Å². The van der Waals surface area contributed by atoms with E-state index in [2.05, 4.69) is 25.3 Å². The van der Waals surface area contributed by atoms with E-state index in [0.29, 0.717) is 11.6 Å². The van der Waals surface area contributed by atoms with Gasteiger partial charge in [-0.15, -0.1) is 0 Å². The van der Waals surface area contributed by atoms with Crippen molar-refractivity contribution in [2.24, 2.45) is 0 Å². The van der Waals surface area contributed by atoms with Crippen molar-refractivity contribution in [3.8, 4) is 22.9 Å². The summed E-state index contributed by atoms with van der Waals surface area (Å²) in [7, 11) is 1.60. The summed E-state index contributed by atoms with van der Waals surface area (Å²) in [5.74, 6) is 1.71. The van der Waals surface area contributed by atoms with E-state index in [4.69, 9.17) is 9.47 Å². The molecule has 178 valence electrons. The molecule has 0 aliphatic carbocycles. The highest BCUT2D eigenvalue weighted by Crippen LogP contribution is 2.21. The molecule has 1 aromatic carbocycles. The molecule has 34 heavy (non-hydrogen) atoms. The van der Waals surface area contributed by atoms with Crippen LogP contribution >= 0.6 is 0 Å². The average molecular weight is 465 g/mol. The van der Waals surface area contributed by atoms with Crippen molar-refractivity contribution in [1.82, 2.24) is 25.1 Å². The average Bonchev–Trinajstić information content (AvgIpc) is 3.42. The molecule has 1 amide bonds. The number of benzene rings is 1. The smallest absolute Gasteiger partial charge is 0.267 e. The minimum Gasteiger partial charge on any atom is -0.497 e. The van der Waals surface area contributed by atoms with Crippen molar-refractivity contribution in [2.75, 3.05) is 38.3 Å². The van der Waals surface area contributed by atoms with Crippen molar-refractivity contribution in [2.45, 2.75) is 25.8 Å². The van der Waals surface area contributed by atoms with E-state index in [-0.39, 0.29) is 24.6 Å². The van der Waals surface area contributed by atoms with Gasteiger partial charge in [0.1, 0.15) is 30.5 Å². The molecule has 10 nitrogen and oxygen atoms in total. The Labute approximate surface area is 197 Å². The van der Waals surface area contributed by atoms with Crippen LogP contribution in [-0.2, 0) is 4.79 Å². The number of amides is 1. The lowest BCUT2D eigenvalue weighted by Crippen LogP contribution is -2.38. The summed E-state index contributed by atoms with van der Waals surface area (Å²) in [5, 5.41) is 7.18. The summed E-state index contributed by atoms with van der Waals surface area (Å²) in [4.78, 5) is 35.6. The summed E-state index contributed by atoms with van der Waals surface area (Å²) < 4.78 is 12.0. The highest BCUT2D eigenvalue weighted by atomic mass is 16.5. The molecule has 3 heterocycles. The van der Waals surface area contributed by atoms with Gasteiger partial charge >= 0.3 is 0 Å². The molecule has 1 aliphatic heterocycles. The van der Waals surface area contributed by atoms with Crippen LogP contribution in [0.4, 0.5) is 5.82 Å². The fraction of sp³-hybridized carbons (Fsp3) is 0.375. The number of methoxy groups -OCH3 is 1. The molecule has 1 atom stereocenters. The lowest BCUT2D eigenvalue weighted by molar-refractivity contribution is -0.124. The Kier molecular flexibility index (Phi) is 7.36. The first-order chi connectivity index (χ1) is 16.5. The highest BCUT2D eigenvalue weighted by molar-refractivity contribution is 5.79. The lowest BCUT2D eigenvalue weighted by Gasteiger charge is -2.17. The molecule has 2 aromatic heterocycles. The van der Waals surface area contributed by atoms with Gasteiger partial charge in [0.25, 0.3) is 5.56 Å². The van der Waals surface area contributed by atoms with Crippen molar-refractivity contribution < 1.29 is 14.3 Å². The molecule has 0 radical (unpaired) electrons. The van der Waals surface area contributed by atoms with Gasteiger partial charge in [-0.3, -0.25) is 9.59 Å². The number of nitrogens with one attached hydrogen (secondary N) is 1. The fourth-order valence-corrected chi connectivity index (χ4v) is 3.74. The third kappa shape index (κ3) is 5.51. The second-order valence-electron chi connectivity index (χ2n) is 7.95. The molecule has 0 saturated carbocycles. The first kappa shape index (κ1) is 23.2. The maximum Gasteiger partial charge on any atom is 0.267 e. The number of hydrogen-bond acceptors (Lipinski definition) is 8. The predicted molar refractivity (Wildman–Crippen MR) is 127 cm³/mol. The number of anilines is 1. The monoisotopic (exact) mass is 464 g/mol. The molecule has 1 unspecified atom stereocenters. The van der Waals surface area contributed by atoms with Crippen LogP contribution in [0.15, 0.2) is 53.6 Å². The maximum absolute atomic E-state index is 12.7. The molecule has 4 rings (SSSR count). The molecule has 1 aliphatic rings. The standard InChI is InChI=1S/C24H28N6O4/c1-17(30-23(31)10-9-20(28-30)18-5-7-19(33-2)8-6-18)24(32)25-11-14-34-22-15-21(26-16-27-22)29-12-3-4-13-29/h5-10,15-17H,3-4,11-14H2,1-2H3,(H,25,32). The number of nitrogens with zero attached hydrogens (tertiary/aromatic N) is 5. The second-order valence-corrected chi connectivity index (χ2v) is 7.95. The Morgan fingerprint density at radius 3 is 2.62 bits per heavy atom. The molecule has 1 N–H and O–H groups in total. The second kappa shape index (κ2) is 10.8. The van der Waals surface area contributed by atoms with Crippen LogP contribution in [0.3, 0.4) is 0 Å². The third-order valence-electron chi connectivity index (χ3n) is 5.67. The molecule has 1 fully saturated rings. The van der Waals surface area contributed by atoms with E-state index in [9.17, 15) is 9.59 Å². The van der Waals surface area contributed by atoms with Crippen LogP contribution in [0.25, 0.3) is 11.3 Å². The van der Waals surface area contributed by atoms with Gasteiger partial charge in [0.05, 0.1) is 19.3 Å². The third-order valence-corrected chi connectivity index (χ3v) is 5.67. The van der Waals surface area contributed by atoms with Crippen molar-refractivity contribution >= 4 is 11.7 Å². The number of aromatic nitrogens is 4. The minimum atomic E-state index is -0.786. The van der Waals surface area contributed by atoms with Gasteiger partial charge in [0.15, 0.2) is 0 Å². The van der Waals surface area contributed by atoms with Gasteiger partial charge in [-0.05, 0) is 50.1 Å². The van der Waals surface area contributed by atoms with Crippen LogP contribution in [0, 0.1) is 0 Å². The molecular formula is C24H28N6O4. The van der Waals surface area contributed by atoms with Crippen molar-refractivity contribution in [3.05, 3.63) is 59.1 Å². The van der Waals surface area contributed by atoms with Crippen LogP contribution < -0.4 is 25.2 Å². The van der Waals surface area contributed by atoms with E-state index >= 15 is 0 Å². The number of ether oxygens (including phenoxy) is 2. The summed E-state index contributed by atoms with van der Waals surface area (Å²) in [6.07, 6.45) is 3.80. The fourth-order valence-electron chi connectivity index (χ4n) is 3.74. The van der Waals surface area contributed by atoms with E-state index < -0.39 is 6.04 Å². The molecule has 10 heteroatoms. The maximum atomic E-state index is 12.7. The molecular weight excluding hydrogens is 436 g/mol. The van der Waals surface area contributed by atoms with Gasteiger partial charge in [0, 0.05) is 30.8 Å². The Bertz CT molecular complexity index is 1170. The summed E-state index contributed by atoms with van der Waals surface area (Å²) in [6, 6.07) is 11.4. The number of carbonyl (C=O) groups is 1.